The maximum Gasteiger partial charge on any atom is 0.152 e. The molecule has 1 rings (SSSR count). The van der Waals surface area contributed by atoms with E-state index in [2.05, 4.69) is 5.32 Å². The van der Waals surface area contributed by atoms with Crippen LogP contribution in [-0.4, -0.2) is 12.8 Å². The summed E-state index contributed by atoms with van der Waals surface area (Å²) in [7, 11) is 0. The van der Waals surface area contributed by atoms with Crippen molar-refractivity contribution >= 4 is 12.0 Å². The van der Waals surface area contributed by atoms with Crippen LogP contribution in [0.4, 0.5) is 5.69 Å². The predicted molar refractivity (Wildman–Crippen MR) is 50.7 cm³/mol. The SMILES string of the molecule is CCNc1cc(C)ccc1C=O. The first-order chi connectivity index (χ1) is 5.77. The summed E-state index contributed by atoms with van der Waals surface area (Å²) in [6, 6.07) is 5.75. The highest BCUT2D eigenvalue weighted by molar-refractivity contribution is 5.84. The fraction of sp³-hybridized carbons (Fsp3) is 0.300. The Kier molecular flexibility index (Phi) is 2.86. The highest BCUT2D eigenvalue weighted by Crippen LogP contribution is 2.14. The number of hydrogen-bond donors (Lipinski definition) is 1. The van der Waals surface area contributed by atoms with Gasteiger partial charge in [0.2, 0.25) is 0 Å². The second-order valence-electron chi connectivity index (χ2n) is 2.74. The minimum Gasteiger partial charge on any atom is -0.385 e. The van der Waals surface area contributed by atoms with Crippen molar-refractivity contribution in [3.05, 3.63) is 29.3 Å². The molecule has 64 valence electrons. The molecule has 0 heterocycles. The molecule has 2 heteroatoms. The summed E-state index contributed by atoms with van der Waals surface area (Å²) < 4.78 is 0. The third-order valence-electron chi connectivity index (χ3n) is 1.70. The smallest absolute Gasteiger partial charge is 0.152 e. The molecule has 0 aliphatic carbocycles. The van der Waals surface area contributed by atoms with Crippen LogP contribution >= 0.6 is 0 Å². The molecule has 0 saturated carbocycles. The van der Waals surface area contributed by atoms with Crippen LogP contribution in [0.25, 0.3) is 0 Å². The van der Waals surface area contributed by atoms with E-state index < -0.39 is 0 Å². The lowest BCUT2D eigenvalue weighted by Crippen LogP contribution is -2.00. The van der Waals surface area contributed by atoms with Crippen molar-refractivity contribution in [2.75, 3.05) is 11.9 Å². The monoisotopic (exact) mass is 163 g/mol. The van der Waals surface area contributed by atoms with Gasteiger partial charge in [0.25, 0.3) is 0 Å². The Morgan fingerprint density at radius 3 is 2.83 bits per heavy atom. The van der Waals surface area contributed by atoms with Gasteiger partial charge in [0.05, 0.1) is 0 Å². The van der Waals surface area contributed by atoms with Gasteiger partial charge >= 0.3 is 0 Å². The molecule has 1 N–H and O–H groups in total. The summed E-state index contributed by atoms with van der Waals surface area (Å²) in [5, 5.41) is 3.14. The van der Waals surface area contributed by atoms with Gasteiger partial charge in [-0.3, -0.25) is 4.79 Å². The third-order valence-corrected chi connectivity index (χ3v) is 1.70. The van der Waals surface area contributed by atoms with Gasteiger partial charge in [0, 0.05) is 17.8 Å². The van der Waals surface area contributed by atoms with Crippen LogP contribution in [0.5, 0.6) is 0 Å². The molecule has 0 saturated heterocycles. The van der Waals surface area contributed by atoms with Crippen molar-refractivity contribution in [1.82, 2.24) is 0 Å². The maximum atomic E-state index is 10.6. The van der Waals surface area contributed by atoms with Crippen molar-refractivity contribution in [1.29, 1.82) is 0 Å². The van der Waals surface area contributed by atoms with E-state index in [9.17, 15) is 4.79 Å². The van der Waals surface area contributed by atoms with Gasteiger partial charge in [0.15, 0.2) is 6.29 Å². The molecular formula is C10H13NO. The molecule has 2 nitrogen and oxygen atoms in total. The van der Waals surface area contributed by atoms with Crippen LogP contribution in [0.15, 0.2) is 18.2 Å². The number of hydrogen-bond acceptors (Lipinski definition) is 2. The first kappa shape index (κ1) is 8.78. The number of aldehydes is 1. The highest BCUT2D eigenvalue weighted by Gasteiger charge is 1.98. The van der Waals surface area contributed by atoms with Gasteiger partial charge in [-0.15, -0.1) is 0 Å². The fourth-order valence-corrected chi connectivity index (χ4v) is 1.12. The number of carbonyl (C=O) groups excluding carboxylic acids is 1. The van der Waals surface area contributed by atoms with E-state index in [4.69, 9.17) is 0 Å². The molecule has 0 unspecified atom stereocenters. The molecular weight excluding hydrogens is 150 g/mol. The van der Waals surface area contributed by atoms with E-state index in [1.54, 1.807) is 0 Å². The number of aryl methyl sites for hydroxylation is 1. The van der Waals surface area contributed by atoms with E-state index in [0.29, 0.717) is 0 Å². The third kappa shape index (κ3) is 1.84. The van der Waals surface area contributed by atoms with Gasteiger partial charge < -0.3 is 5.32 Å². The summed E-state index contributed by atoms with van der Waals surface area (Å²) >= 11 is 0. The molecule has 0 spiro atoms. The van der Waals surface area contributed by atoms with E-state index >= 15 is 0 Å². The lowest BCUT2D eigenvalue weighted by atomic mass is 10.1. The second-order valence-corrected chi connectivity index (χ2v) is 2.74. The van der Waals surface area contributed by atoms with Gasteiger partial charge in [-0.1, -0.05) is 6.07 Å². The van der Waals surface area contributed by atoms with E-state index in [-0.39, 0.29) is 0 Å². The zero-order chi connectivity index (χ0) is 8.97. The Bertz CT molecular complexity index is 281. The van der Waals surface area contributed by atoms with E-state index in [0.717, 1.165) is 29.6 Å². The standard InChI is InChI=1S/C10H13NO/c1-3-11-10-6-8(2)4-5-9(10)7-12/h4-7,11H,3H2,1-2H3. The number of anilines is 1. The molecule has 0 aliphatic rings. The number of carbonyl (C=O) groups is 1. The molecule has 0 atom stereocenters. The van der Waals surface area contributed by atoms with Gasteiger partial charge in [-0.05, 0) is 31.5 Å². The molecule has 0 amide bonds. The van der Waals surface area contributed by atoms with Crippen LogP contribution in [0, 0.1) is 6.92 Å². The second kappa shape index (κ2) is 3.90. The Morgan fingerprint density at radius 2 is 2.25 bits per heavy atom. The Morgan fingerprint density at radius 1 is 1.50 bits per heavy atom. The molecule has 0 fully saturated rings. The number of nitrogens with one attached hydrogen (secondary N) is 1. The highest BCUT2D eigenvalue weighted by atomic mass is 16.1. The predicted octanol–water partition coefficient (Wildman–Crippen LogP) is 2.24. The van der Waals surface area contributed by atoms with Crippen LogP contribution in [0.2, 0.25) is 0 Å². The molecule has 0 aliphatic heterocycles. The lowest BCUT2D eigenvalue weighted by Gasteiger charge is -2.06. The number of benzene rings is 1. The van der Waals surface area contributed by atoms with Crippen LogP contribution in [0.1, 0.15) is 22.8 Å². The summed E-state index contributed by atoms with van der Waals surface area (Å²) in [5.41, 5.74) is 2.81. The lowest BCUT2D eigenvalue weighted by molar-refractivity contribution is 0.112. The molecule has 0 radical (unpaired) electrons. The Balaban J connectivity index is 3.03. The molecule has 0 aromatic heterocycles. The summed E-state index contributed by atoms with van der Waals surface area (Å²) in [6.07, 6.45) is 0.872. The van der Waals surface area contributed by atoms with Crippen LogP contribution in [0.3, 0.4) is 0 Å². The van der Waals surface area contributed by atoms with Crippen molar-refractivity contribution in [3.63, 3.8) is 0 Å². The zero-order valence-corrected chi connectivity index (χ0v) is 7.42. The van der Waals surface area contributed by atoms with Gasteiger partial charge in [-0.25, -0.2) is 0 Å². The molecule has 0 bridgehead atoms. The topological polar surface area (TPSA) is 29.1 Å². The van der Waals surface area contributed by atoms with Crippen molar-refractivity contribution < 1.29 is 4.79 Å². The summed E-state index contributed by atoms with van der Waals surface area (Å²) in [5.74, 6) is 0. The molecule has 1 aromatic rings. The van der Waals surface area contributed by atoms with Gasteiger partial charge in [-0.2, -0.15) is 0 Å². The Hall–Kier alpha value is -1.31. The molecule has 1 aromatic carbocycles. The quantitative estimate of drug-likeness (QED) is 0.692. The van der Waals surface area contributed by atoms with Crippen molar-refractivity contribution in [2.24, 2.45) is 0 Å². The van der Waals surface area contributed by atoms with Crippen molar-refractivity contribution in [3.8, 4) is 0 Å². The average Bonchev–Trinajstić information content (AvgIpc) is 2.05. The fourth-order valence-electron chi connectivity index (χ4n) is 1.12. The zero-order valence-electron chi connectivity index (χ0n) is 7.42. The Labute approximate surface area is 72.6 Å². The van der Waals surface area contributed by atoms with E-state index in [1.165, 1.54) is 0 Å². The summed E-state index contributed by atoms with van der Waals surface area (Å²) in [6.45, 7) is 4.86. The van der Waals surface area contributed by atoms with Crippen LogP contribution < -0.4 is 5.32 Å². The minimum absolute atomic E-state index is 0.724. The van der Waals surface area contributed by atoms with Crippen LogP contribution in [-0.2, 0) is 0 Å². The average molecular weight is 163 g/mol. The van der Waals surface area contributed by atoms with Gasteiger partial charge in [0.1, 0.15) is 0 Å². The van der Waals surface area contributed by atoms with E-state index in [1.807, 2.05) is 32.0 Å². The summed E-state index contributed by atoms with van der Waals surface area (Å²) in [4.78, 5) is 10.6. The largest absolute Gasteiger partial charge is 0.385 e. The normalized spacial score (nSPS) is 9.50. The first-order valence-electron chi connectivity index (χ1n) is 4.07. The number of rotatable bonds is 3. The van der Waals surface area contributed by atoms with Crippen molar-refractivity contribution in [2.45, 2.75) is 13.8 Å². The minimum atomic E-state index is 0.724. The maximum absolute atomic E-state index is 10.6. The molecule has 12 heavy (non-hydrogen) atoms. The first-order valence-corrected chi connectivity index (χ1v) is 4.07.